The molecule has 0 unspecified atom stereocenters. The molecule has 1 aromatic heterocycles. The molecule has 0 radical (unpaired) electrons. The Kier molecular flexibility index (Phi) is 7.96. The topological polar surface area (TPSA) is 130 Å². The fourth-order valence-electron chi connectivity index (χ4n) is 5.38. The number of aromatic nitrogens is 1. The maximum atomic E-state index is 14.3. The van der Waals surface area contributed by atoms with Crippen molar-refractivity contribution in [2.75, 3.05) is 32.0 Å². The number of aryl methyl sites for hydroxylation is 2. The number of nitrogens with zero attached hydrogens (tertiary/aromatic N) is 3. The monoisotopic (exact) mass is 644 g/mol. The molecule has 47 heavy (non-hydrogen) atoms. The van der Waals surface area contributed by atoms with Gasteiger partial charge in [-0.1, -0.05) is 24.5 Å². The predicted octanol–water partition coefficient (Wildman–Crippen LogP) is 6.67. The predicted molar refractivity (Wildman–Crippen MR) is 183 cm³/mol. The number of unbranched alkanes of at least 4 members (excludes halogenated alkanes) is 2. The Balaban J connectivity index is 1.60. The second-order valence-electron chi connectivity index (χ2n) is 11.2. The molecular weight excluding hydrogens is 596 g/mol. The van der Waals surface area contributed by atoms with Gasteiger partial charge in [-0.25, -0.2) is 4.79 Å². The summed E-state index contributed by atoms with van der Waals surface area (Å²) in [5, 5.41) is 23.3. The second-order valence-corrected chi connectivity index (χ2v) is 11.2. The summed E-state index contributed by atoms with van der Waals surface area (Å²) in [7, 11) is 1.52. The fourth-order valence-corrected chi connectivity index (χ4v) is 5.38. The molecule has 0 saturated heterocycles. The summed E-state index contributed by atoms with van der Waals surface area (Å²) in [5.41, 5.74) is 2.12. The third-order valence-electron chi connectivity index (χ3n) is 7.73. The summed E-state index contributed by atoms with van der Waals surface area (Å²) < 4.78 is 60.5. The smallest absolute Gasteiger partial charge is 0.333 e. The highest BCUT2D eigenvalue weighted by atomic mass is 16.7. The minimum Gasteiger partial charge on any atom is -0.492 e. The second kappa shape index (κ2) is 14.5. The van der Waals surface area contributed by atoms with Crippen molar-refractivity contribution in [2.45, 2.75) is 53.4 Å². The number of carbonyl (C=O) groups is 2. The minimum atomic E-state index is -0.680. The van der Waals surface area contributed by atoms with Gasteiger partial charge in [0.15, 0.2) is 0 Å². The van der Waals surface area contributed by atoms with Crippen LogP contribution in [0.15, 0.2) is 69.9 Å². The van der Waals surface area contributed by atoms with Crippen LogP contribution in [0, 0.1) is 13.8 Å². The molecule has 3 aromatic rings. The van der Waals surface area contributed by atoms with Crippen molar-refractivity contribution in [3.63, 3.8) is 0 Å². The summed E-state index contributed by atoms with van der Waals surface area (Å²) in [6, 6.07) is 3.66. The van der Waals surface area contributed by atoms with E-state index in [1.165, 1.54) is 24.1 Å². The van der Waals surface area contributed by atoms with Crippen LogP contribution in [0.25, 0.3) is 33.4 Å². The Bertz CT molecular complexity index is 2270. The zero-order valence-corrected chi connectivity index (χ0v) is 27.1. The van der Waals surface area contributed by atoms with Crippen LogP contribution in [0.5, 0.6) is 11.8 Å². The van der Waals surface area contributed by atoms with E-state index in [0.29, 0.717) is 70.2 Å². The highest BCUT2D eigenvalue weighted by molar-refractivity contribution is 6.09. The molecule has 10 heteroatoms. The summed E-state index contributed by atoms with van der Waals surface area (Å²) in [5.74, 6) is -2.15. The van der Waals surface area contributed by atoms with Gasteiger partial charge in [-0.3, -0.25) is 9.79 Å². The van der Waals surface area contributed by atoms with Crippen molar-refractivity contribution in [1.82, 2.24) is 9.63 Å². The lowest BCUT2D eigenvalue weighted by atomic mass is 9.89. The van der Waals surface area contributed by atoms with E-state index in [9.17, 15) is 19.8 Å². The summed E-state index contributed by atoms with van der Waals surface area (Å²) in [6.07, 6.45) is 1.27. The molecule has 2 heterocycles. The zero-order chi connectivity index (χ0) is 38.9. The van der Waals surface area contributed by atoms with Crippen molar-refractivity contribution < 1.29 is 37.3 Å². The standard InChI is InChI=1S/C37H42N4O6/c1-6-38-29-21-31-27(19-23(29)3)36(28-20-24(4)30(39-7-2)22-32(28)46-31)25-13-10-11-14-26(25)37(45)40(5)18-12-8-9-15-35(44)47-41-33(42)16-17-34(41)43/h10-11,13-14,16-17,19-22,38,42-43H,6-9,12,15,18H2,1-5H3/i10D,11D,13D,14D,21D,22D. The van der Waals surface area contributed by atoms with E-state index in [1.54, 1.807) is 19.1 Å². The molecule has 10 nitrogen and oxygen atoms in total. The molecule has 1 amide bonds. The first kappa shape index (κ1) is 25.9. The molecule has 0 atom stereocenters. The van der Waals surface area contributed by atoms with E-state index in [2.05, 4.69) is 10.3 Å². The van der Waals surface area contributed by atoms with E-state index in [-0.39, 0.29) is 53.1 Å². The first-order valence-electron chi connectivity index (χ1n) is 18.6. The van der Waals surface area contributed by atoms with Crippen LogP contribution >= 0.6 is 0 Å². The Morgan fingerprint density at radius 1 is 1.02 bits per heavy atom. The van der Waals surface area contributed by atoms with E-state index < -0.39 is 47.8 Å². The van der Waals surface area contributed by atoms with Crippen LogP contribution in [0.1, 0.15) is 69.2 Å². The average Bonchev–Trinajstić information content (AvgIpc) is 3.43. The van der Waals surface area contributed by atoms with Gasteiger partial charge in [0, 0.05) is 85.1 Å². The van der Waals surface area contributed by atoms with Crippen LogP contribution in [-0.2, 0) is 4.79 Å². The molecule has 246 valence electrons. The third kappa shape index (κ3) is 7.11. The van der Waals surface area contributed by atoms with Crippen LogP contribution < -0.4 is 15.5 Å². The molecular formula is C37H42N4O6. The van der Waals surface area contributed by atoms with E-state index >= 15 is 0 Å². The maximum Gasteiger partial charge on any atom is 0.333 e. The van der Waals surface area contributed by atoms with Gasteiger partial charge in [0.2, 0.25) is 11.8 Å². The average molecular weight is 645 g/mol. The molecule has 5 rings (SSSR count). The first-order valence-corrected chi connectivity index (χ1v) is 15.6. The highest BCUT2D eigenvalue weighted by Crippen LogP contribution is 2.43. The Hall–Kier alpha value is -5.25. The van der Waals surface area contributed by atoms with Gasteiger partial charge in [-0.2, -0.15) is 0 Å². The van der Waals surface area contributed by atoms with Crippen LogP contribution in [0.3, 0.4) is 0 Å². The number of anilines is 1. The summed E-state index contributed by atoms with van der Waals surface area (Å²) in [6.45, 7) is 8.42. The number of benzene rings is 3. The summed E-state index contributed by atoms with van der Waals surface area (Å²) in [4.78, 5) is 37.4. The molecule has 3 N–H and O–H groups in total. The maximum absolute atomic E-state index is 14.3. The molecule has 2 aliphatic rings. The zero-order valence-electron chi connectivity index (χ0n) is 33.1. The number of amides is 1. The van der Waals surface area contributed by atoms with Gasteiger partial charge < -0.3 is 29.7 Å². The normalized spacial score (nSPS) is 13.5. The Morgan fingerprint density at radius 2 is 1.77 bits per heavy atom. The van der Waals surface area contributed by atoms with Gasteiger partial charge in [0.25, 0.3) is 5.91 Å². The van der Waals surface area contributed by atoms with E-state index in [0.717, 1.165) is 0 Å². The van der Waals surface area contributed by atoms with Crippen LogP contribution in [0.4, 0.5) is 5.69 Å². The molecule has 1 aliphatic carbocycles. The number of rotatable bonds is 12. The molecule has 0 fully saturated rings. The number of hydrogen-bond donors (Lipinski definition) is 3. The van der Waals surface area contributed by atoms with E-state index in [4.69, 9.17) is 17.5 Å². The van der Waals surface area contributed by atoms with Gasteiger partial charge in [0.05, 0.1) is 13.6 Å². The first-order chi connectivity index (χ1) is 25.1. The van der Waals surface area contributed by atoms with Crippen molar-refractivity contribution in [3.05, 3.63) is 82.6 Å². The van der Waals surface area contributed by atoms with Crippen molar-refractivity contribution >= 4 is 28.5 Å². The summed E-state index contributed by atoms with van der Waals surface area (Å²) >= 11 is 0. The van der Waals surface area contributed by atoms with Gasteiger partial charge in [-0.15, -0.1) is 4.73 Å². The number of aromatic hydroxyl groups is 2. The van der Waals surface area contributed by atoms with Gasteiger partial charge in [0.1, 0.15) is 11.3 Å². The Morgan fingerprint density at radius 3 is 2.49 bits per heavy atom. The van der Waals surface area contributed by atoms with Crippen molar-refractivity contribution in [1.29, 1.82) is 0 Å². The largest absolute Gasteiger partial charge is 0.492 e. The molecule has 1 aliphatic heterocycles. The lowest BCUT2D eigenvalue weighted by Crippen LogP contribution is -2.28. The fraction of sp³-hybridized carbons (Fsp3) is 0.324. The SMILES string of the molecule is [2H]c1c([2H])c([2H])c(-c2c3cc(C)c(=NCC)c([2H])c-3oc3c([2H])c(NCC)c(C)cc23)c(C(=O)N(C)CCCCCC(=O)On2c(O)ccc2O)c1[2H]. The van der Waals surface area contributed by atoms with Gasteiger partial charge in [-0.05, 0) is 75.4 Å². The number of hydrogen-bond acceptors (Lipinski definition) is 8. The van der Waals surface area contributed by atoms with Crippen molar-refractivity contribution in [3.8, 4) is 34.2 Å². The number of nitrogens with one attached hydrogen (secondary N) is 1. The van der Waals surface area contributed by atoms with Crippen LogP contribution in [0.2, 0.25) is 0 Å². The lowest BCUT2D eigenvalue weighted by Gasteiger charge is -2.22. The minimum absolute atomic E-state index is 0.00405. The quantitative estimate of drug-likeness (QED) is 0.102. The highest BCUT2D eigenvalue weighted by Gasteiger charge is 2.24. The van der Waals surface area contributed by atoms with Gasteiger partial charge >= 0.3 is 5.97 Å². The van der Waals surface area contributed by atoms with E-state index in [1.807, 2.05) is 20.8 Å². The number of fused-ring (bicyclic) bond motifs is 2. The van der Waals surface area contributed by atoms with Crippen LogP contribution in [-0.4, -0.2) is 58.4 Å². The lowest BCUT2D eigenvalue weighted by molar-refractivity contribution is -0.145. The molecule has 0 spiro atoms. The third-order valence-corrected chi connectivity index (χ3v) is 7.73. The number of carbonyl (C=O) groups excluding carboxylic acids is 2. The molecule has 0 bridgehead atoms. The van der Waals surface area contributed by atoms with Crippen molar-refractivity contribution in [2.24, 2.45) is 4.99 Å². The molecule has 0 saturated carbocycles. The Labute approximate surface area is 282 Å². The molecule has 2 aromatic carbocycles.